The van der Waals surface area contributed by atoms with E-state index in [9.17, 15) is 0 Å². The van der Waals surface area contributed by atoms with Gasteiger partial charge in [0.05, 0.1) is 0 Å². The van der Waals surface area contributed by atoms with Crippen LogP contribution in [-0.2, 0) is 0 Å². The molecule has 0 saturated carbocycles. The smallest absolute Gasteiger partial charge is 0.115 e. The second-order valence-electron chi connectivity index (χ2n) is 5.50. The van der Waals surface area contributed by atoms with Crippen molar-refractivity contribution in [2.75, 3.05) is 0 Å². The highest BCUT2D eigenvalue weighted by molar-refractivity contribution is 5.85. The van der Waals surface area contributed by atoms with Crippen molar-refractivity contribution >= 4 is 0 Å². The summed E-state index contributed by atoms with van der Waals surface area (Å²) < 4.78 is 0. The Hall–Kier alpha value is -2.48. The van der Waals surface area contributed by atoms with Crippen LogP contribution in [0.3, 0.4) is 0 Å². The molecule has 1 aromatic heterocycles. The van der Waals surface area contributed by atoms with E-state index in [1.165, 1.54) is 33.4 Å². The van der Waals surface area contributed by atoms with Crippen LogP contribution >= 0.6 is 0 Å². The van der Waals surface area contributed by atoms with Crippen LogP contribution in [0, 0.1) is 20.8 Å². The number of benzene rings is 2. The van der Waals surface area contributed by atoms with Crippen LogP contribution in [0.2, 0.25) is 0 Å². The lowest BCUT2D eigenvalue weighted by Crippen LogP contribution is -1.92. The molecule has 0 bridgehead atoms. The number of hydrogen-bond acceptors (Lipinski definition) is 2. The Balaban J connectivity index is 2.26. The molecule has 0 spiro atoms. The van der Waals surface area contributed by atoms with Crippen molar-refractivity contribution in [1.82, 2.24) is 9.97 Å². The van der Waals surface area contributed by atoms with Gasteiger partial charge in [0.2, 0.25) is 0 Å². The van der Waals surface area contributed by atoms with Gasteiger partial charge in [-0.05, 0) is 43.0 Å². The molecule has 0 aliphatic rings. The fraction of sp³-hybridized carbons (Fsp3) is 0.158. The van der Waals surface area contributed by atoms with Gasteiger partial charge >= 0.3 is 0 Å². The lowest BCUT2D eigenvalue weighted by molar-refractivity contribution is 1.17. The predicted molar refractivity (Wildman–Crippen MR) is 87.1 cm³/mol. The molecule has 0 unspecified atom stereocenters. The minimum absolute atomic E-state index is 1.06. The van der Waals surface area contributed by atoms with Gasteiger partial charge in [-0.25, -0.2) is 9.97 Å². The first kappa shape index (κ1) is 13.5. The molecule has 0 aliphatic heterocycles. The summed E-state index contributed by atoms with van der Waals surface area (Å²) in [6.45, 7) is 6.39. The van der Waals surface area contributed by atoms with Crippen LogP contribution in [0.1, 0.15) is 16.7 Å². The van der Waals surface area contributed by atoms with Crippen LogP contribution in [0.5, 0.6) is 0 Å². The van der Waals surface area contributed by atoms with Crippen LogP contribution in [0.15, 0.2) is 55.1 Å². The van der Waals surface area contributed by atoms with E-state index in [0.717, 1.165) is 5.56 Å². The summed E-state index contributed by atoms with van der Waals surface area (Å²) in [5.74, 6) is 0. The van der Waals surface area contributed by atoms with Gasteiger partial charge in [0, 0.05) is 18.0 Å². The molecule has 0 N–H and O–H groups in total. The largest absolute Gasteiger partial charge is 0.244 e. The number of rotatable bonds is 2. The average Bonchev–Trinajstić information content (AvgIpc) is 2.48. The zero-order valence-electron chi connectivity index (χ0n) is 12.6. The maximum Gasteiger partial charge on any atom is 0.115 e. The third-order valence-corrected chi connectivity index (χ3v) is 3.69. The summed E-state index contributed by atoms with van der Waals surface area (Å²) >= 11 is 0. The second kappa shape index (κ2) is 5.49. The van der Waals surface area contributed by atoms with E-state index in [0.29, 0.717) is 0 Å². The summed E-state index contributed by atoms with van der Waals surface area (Å²) in [5, 5.41) is 0. The standard InChI is InChI=1S/C19H18N2/c1-13-4-6-16(7-5-13)18-9-14(2)8-15(3)19(18)17-10-20-12-21-11-17/h4-12H,1-3H3. The first-order chi connectivity index (χ1) is 10.1. The number of aryl methyl sites for hydroxylation is 3. The lowest BCUT2D eigenvalue weighted by atomic mass is 9.90. The van der Waals surface area contributed by atoms with E-state index in [1.54, 1.807) is 6.33 Å². The zero-order chi connectivity index (χ0) is 14.8. The lowest BCUT2D eigenvalue weighted by Gasteiger charge is -2.14. The van der Waals surface area contributed by atoms with Crippen molar-refractivity contribution in [2.45, 2.75) is 20.8 Å². The van der Waals surface area contributed by atoms with Gasteiger partial charge in [-0.3, -0.25) is 0 Å². The van der Waals surface area contributed by atoms with Gasteiger partial charge in [0.15, 0.2) is 0 Å². The minimum atomic E-state index is 1.06. The van der Waals surface area contributed by atoms with Crippen LogP contribution in [0.25, 0.3) is 22.3 Å². The first-order valence-electron chi connectivity index (χ1n) is 7.09. The molecular formula is C19H18N2. The fourth-order valence-corrected chi connectivity index (χ4v) is 2.74. The third kappa shape index (κ3) is 2.70. The summed E-state index contributed by atoms with van der Waals surface area (Å²) in [6, 6.07) is 13.1. The summed E-state index contributed by atoms with van der Waals surface area (Å²) in [4.78, 5) is 8.32. The maximum atomic E-state index is 4.16. The third-order valence-electron chi connectivity index (χ3n) is 3.69. The van der Waals surface area contributed by atoms with Crippen molar-refractivity contribution < 1.29 is 0 Å². The van der Waals surface area contributed by atoms with Crippen molar-refractivity contribution in [3.05, 3.63) is 71.8 Å². The highest BCUT2D eigenvalue weighted by Crippen LogP contribution is 2.35. The van der Waals surface area contributed by atoms with Crippen molar-refractivity contribution in [1.29, 1.82) is 0 Å². The molecule has 3 aromatic rings. The van der Waals surface area contributed by atoms with Crippen LogP contribution in [-0.4, -0.2) is 9.97 Å². The molecule has 2 nitrogen and oxygen atoms in total. The van der Waals surface area contributed by atoms with E-state index in [-0.39, 0.29) is 0 Å². The topological polar surface area (TPSA) is 25.8 Å². The van der Waals surface area contributed by atoms with E-state index in [2.05, 4.69) is 67.1 Å². The molecule has 3 rings (SSSR count). The van der Waals surface area contributed by atoms with Gasteiger partial charge in [-0.1, -0.05) is 47.5 Å². The zero-order valence-corrected chi connectivity index (χ0v) is 12.6. The van der Waals surface area contributed by atoms with Gasteiger partial charge in [0.1, 0.15) is 6.33 Å². The van der Waals surface area contributed by atoms with Crippen molar-refractivity contribution in [2.24, 2.45) is 0 Å². The Labute approximate surface area is 125 Å². The molecule has 0 aliphatic carbocycles. The van der Waals surface area contributed by atoms with E-state index in [4.69, 9.17) is 0 Å². The SMILES string of the molecule is Cc1ccc(-c2cc(C)cc(C)c2-c2cncnc2)cc1. The Morgan fingerprint density at radius 3 is 2.05 bits per heavy atom. The van der Waals surface area contributed by atoms with Gasteiger partial charge in [-0.15, -0.1) is 0 Å². The highest BCUT2D eigenvalue weighted by Gasteiger charge is 2.11. The van der Waals surface area contributed by atoms with E-state index >= 15 is 0 Å². The molecule has 0 amide bonds. The normalized spacial score (nSPS) is 10.6. The highest BCUT2D eigenvalue weighted by atomic mass is 14.8. The van der Waals surface area contributed by atoms with Crippen LogP contribution < -0.4 is 0 Å². The molecule has 21 heavy (non-hydrogen) atoms. The fourth-order valence-electron chi connectivity index (χ4n) is 2.74. The van der Waals surface area contributed by atoms with Crippen LogP contribution in [0.4, 0.5) is 0 Å². The second-order valence-corrected chi connectivity index (χ2v) is 5.50. The van der Waals surface area contributed by atoms with Crippen molar-refractivity contribution in [3.63, 3.8) is 0 Å². The molecule has 104 valence electrons. The Bertz CT molecular complexity index is 760. The molecule has 0 atom stereocenters. The quantitative estimate of drug-likeness (QED) is 0.674. The molecule has 2 aromatic carbocycles. The molecule has 0 fully saturated rings. The molecule has 2 heteroatoms. The Kier molecular flexibility index (Phi) is 3.53. The maximum absolute atomic E-state index is 4.16. The first-order valence-corrected chi connectivity index (χ1v) is 7.09. The number of nitrogens with zero attached hydrogens (tertiary/aromatic N) is 2. The van der Waals surface area contributed by atoms with E-state index < -0.39 is 0 Å². The Morgan fingerprint density at radius 1 is 0.714 bits per heavy atom. The molecule has 1 heterocycles. The minimum Gasteiger partial charge on any atom is -0.244 e. The molecular weight excluding hydrogens is 256 g/mol. The predicted octanol–water partition coefficient (Wildman–Crippen LogP) is 4.74. The van der Waals surface area contributed by atoms with Gasteiger partial charge in [0.25, 0.3) is 0 Å². The van der Waals surface area contributed by atoms with Crippen molar-refractivity contribution in [3.8, 4) is 22.3 Å². The molecule has 0 radical (unpaired) electrons. The van der Waals surface area contributed by atoms with E-state index in [1.807, 2.05) is 12.4 Å². The number of aromatic nitrogens is 2. The Morgan fingerprint density at radius 2 is 1.38 bits per heavy atom. The van der Waals surface area contributed by atoms with Gasteiger partial charge < -0.3 is 0 Å². The summed E-state index contributed by atoms with van der Waals surface area (Å²) in [7, 11) is 0. The monoisotopic (exact) mass is 274 g/mol. The summed E-state index contributed by atoms with van der Waals surface area (Å²) in [6.07, 6.45) is 5.32. The number of hydrogen-bond donors (Lipinski definition) is 0. The average molecular weight is 274 g/mol. The molecule has 0 saturated heterocycles. The van der Waals surface area contributed by atoms with Gasteiger partial charge in [-0.2, -0.15) is 0 Å². The summed E-state index contributed by atoms with van der Waals surface area (Å²) in [5.41, 5.74) is 8.53.